The van der Waals surface area contributed by atoms with Gasteiger partial charge >= 0.3 is 0 Å². The predicted octanol–water partition coefficient (Wildman–Crippen LogP) is 2.70. The second-order valence-corrected chi connectivity index (χ2v) is 5.34. The zero-order valence-electron chi connectivity index (χ0n) is 11.2. The van der Waals surface area contributed by atoms with Crippen molar-refractivity contribution in [2.75, 3.05) is 0 Å². The van der Waals surface area contributed by atoms with E-state index in [9.17, 15) is 5.11 Å². The molecule has 0 radical (unpaired) electrons. The second kappa shape index (κ2) is 5.72. The standard InChI is InChI=1S/C15H23NO2/c1-10-7-8-12(11(2)16)15(9-10)18-14-6-4-3-5-13(14)17/h7-9,11,13-14,17H,3-6,16H2,1-2H3/t11-,13?,14?/m1/s1. The lowest BCUT2D eigenvalue weighted by Gasteiger charge is -2.29. The molecule has 1 aliphatic carbocycles. The highest BCUT2D eigenvalue weighted by Gasteiger charge is 2.25. The molecule has 0 spiro atoms. The maximum absolute atomic E-state index is 9.97. The summed E-state index contributed by atoms with van der Waals surface area (Å²) in [6.07, 6.45) is 3.55. The molecule has 3 nitrogen and oxygen atoms in total. The molecule has 0 aliphatic heterocycles. The smallest absolute Gasteiger partial charge is 0.124 e. The summed E-state index contributed by atoms with van der Waals surface area (Å²) >= 11 is 0. The minimum absolute atomic E-state index is 0.0543. The van der Waals surface area contributed by atoms with Crippen LogP contribution in [0.15, 0.2) is 18.2 Å². The Hall–Kier alpha value is -1.06. The fraction of sp³-hybridized carbons (Fsp3) is 0.600. The first kappa shape index (κ1) is 13.4. The van der Waals surface area contributed by atoms with Crippen molar-refractivity contribution in [1.29, 1.82) is 0 Å². The van der Waals surface area contributed by atoms with E-state index >= 15 is 0 Å². The molecular weight excluding hydrogens is 226 g/mol. The SMILES string of the molecule is Cc1ccc([C@@H](C)N)c(OC2CCCCC2O)c1. The van der Waals surface area contributed by atoms with Gasteiger partial charge in [0.15, 0.2) is 0 Å². The minimum Gasteiger partial charge on any atom is -0.487 e. The first-order valence-corrected chi connectivity index (χ1v) is 6.79. The Morgan fingerprint density at radius 1 is 1.33 bits per heavy atom. The molecule has 1 aliphatic rings. The van der Waals surface area contributed by atoms with Crippen LogP contribution in [0.4, 0.5) is 0 Å². The molecule has 18 heavy (non-hydrogen) atoms. The van der Waals surface area contributed by atoms with Crippen molar-refractivity contribution in [2.24, 2.45) is 5.73 Å². The zero-order valence-corrected chi connectivity index (χ0v) is 11.2. The van der Waals surface area contributed by atoms with E-state index in [1.54, 1.807) is 0 Å². The average molecular weight is 249 g/mol. The monoisotopic (exact) mass is 249 g/mol. The van der Waals surface area contributed by atoms with Crippen LogP contribution in [0.2, 0.25) is 0 Å². The van der Waals surface area contributed by atoms with Gasteiger partial charge in [-0.1, -0.05) is 18.6 Å². The molecule has 0 amide bonds. The summed E-state index contributed by atoms with van der Waals surface area (Å²) in [6, 6.07) is 6.02. The lowest BCUT2D eigenvalue weighted by molar-refractivity contribution is 0.00624. The van der Waals surface area contributed by atoms with Crippen LogP contribution in [0.3, 0.4) is 0 Å². The van der Waals surface area contributed by atoms with Gasteiger partial charge in [-0.2, -0.15) is 0 Å². The van der Waals surface area contributed by atoms with E-state index in [1.807, 2.05) is 32.0 Å². The number of benzene rings is 1. The molecule has 0 saturated heterocycles. The van der Waals surface area contributed by atoms with Crippen LogP contribution in [0.5, 0.6) is 5.75 Å². The number of rotatable bonds is 3. The van der Waals surface area contributed by atoms with Gasteiger partial charge in [-0.3, -0.25) is 0 Å². The summed E-state index contributed by atoms with van der Waals surface area (Å²) in [4.78, 5) is 0. The van der Waals surface area contributed by atoms with Gasteiger partial charge in [0.1, 0.15) is 11.9 Å². The average Bonchev–Trinajstić information content (AvgIpc) is 2.32. The van der Waals surface area contributed by atoms with Crippen molar-refractivity contribution in [1.82, 2.24) is 0 Å². The molecule has 2 rings (SSSR count). The third-order valence-corrected chi connectivity index (χ3v) is 3.61. The Kier molecular flexibility index (Phi) is 4.25. The molecule has 3 N–H and O–H groups in total. The van der Waals surface area contributed by atoms with Gasteiger partial charge in [-0.15, -0.1) is 0 Å². The number of hydrogen-bond acceptors (Lipinski definition) is 3. The van der Waals surface area contributed by atoms with Crippen LogP contribution in [0.1, 0.15) is 49.8 Å². The summed E-state index contributed by atoms with van der Waals surface area (Å²) in [5, 5.41) is 9.97. The molecule has 1 aromatic rings. The predicted molar refractivity (Wildman–Crippen MR) is 72.7 cm³/mol. The first-order valence-electron chi connectivity index (χ1n) is 6.79. The van der Waals surface area contributed by atoms with Crippen LogP contribution in [-0.4, -0.2) is 17.3 Å². The third kappa shape index (κ3) is 3.03. The topological polar surface area (TPSA) is 55.5 Å². The van der Waals surface area contributed by atoms with Crippen molar-refractivity contribution in [3.8, 4) is 5.75 Å². The molecule has 0 heterocycles. The number of ether oxygens (including phenoxy) is 1. The zero-order chi connectivity index (χ0) is 13.1. The van der Waals surface area contributed by atoms with E-state index < -0.39 is 0 Å². The van der Waals surface area contributed by atoms with Crippen LogP contribution in [-0.2, 0) is 0 Å². The van der Waals surface area contributed by atoms with E-state index in [-0.39, 0.29) is 18.2 Å². The van der Waals surface area contributed by atoms with E-state index in [0.29, 0.717) is 0 Å². The Balaban J connectivity index is 2.18. The first-order chi connectivity index (χ1) is 8.58. The van der Waals surface area contributed by atoms with Crippen molar-refractivity contribution < 1.29 is 9.84 Å². The molecule has 3 heteroatoms. The van der Waals surface area contributed by atoms with Crippen LogP contribution in [0, 0.1) is 6.92 Å². The molecular formula is C15H23NO2. The van der Waals surface area contributed by atoms with Crippen molar-refractivity contribution in [2.45, 2.75) is 57.8 Å². The third-order valence-electron chi connectivity index (χ3n) is 3.61. The minimum atomic E-state index is -0.347. The fourth-order valence-corrected chi connectivity index (χ4v) is 2.50. The highest BCUT2D eigenvalue weighted by molar-refractivity contribution is 5.39. The number of aryl methyl sites for hydroxylation is 1. The van der Waals surface area contributed by atoms with Crippen LogP contribution >= 0.6 is 0 Å². The van der Waals surface area contributed by atoms with E-state index in [1.165, 1.54) is 0 Å². The Morgan fingerprint density at radius 2 is 2.06 bits per heavy atom. The van der Waals surface area contributed by atoms with Crippen molar-refractivity contribution in [3.63, 3.8) is 0 Å². The quantitative estimate of drug-likeness (QED) is 0.866. The van der Waals surface area contributed by atoms with Crippen LogP contribution in [0.25, 0.3) is 0 Å². The maximum Gasteiger partial charge on any atom is 0.124 e. The van der Waals surface area contributed by atoms with Gasteiger partial charge in [-0.05, 0) is 44.7 Å². The van der Waals surface area contributed by atoms with Crippen LogP contribution < -0.4 is 10.5 Å². The normalized spacial score (nSPS) is 25.8. The van der Waals surface area contributed by atoms with E-state index in [4.69, 9.17) is 10.5 Å². The number of nitrogens with two attached hydrogens (primary N) is 1. The second-order valence-electron chi connectivity index (χ2n) is 5.34. The summed E-state index contributed by atoms with van der Waals surface area (Å²) in [5.74, 6) is 0.830. The summed E-state index contributed by atoms with van der Waals surface area (Å²) < 4.78 is 6.01. The lowest BCUT2D eigenvalue weighted by Crippen LogP contribution is -2.35. The van der Waals surface area contributed by atoms with Gasteiger partial charge in [0, 0.05) is 11.6 Å². The molecule has 2 unspecified atom stereocenters. The highest BCUT2D eigenvalue weighted by atomic mass is 16.5. The fourth-order valence-electron chi connectivity index (χ4n) is 2.50. The number of hydrogen-bond donors (Lipinski definition) is 2. The van der Waals surface area contributed by atoms with E-state index in [2.05, 4.69) is 0 Å². The van der Waals surface area contributed by atoms with Gasteiger partial charge in [0.25, 0.3) is 0 Å². The number of aliphatic hydroxyl groups is 1. The Bertz CT molecular complexity index is 403. The molecule has 1 saturated carbocycles. The number of aliphatic hydroxyl groups excluding tert-OH is 1. The summed E-state index contributed by atoms with van der Waals surface area (Å²) in [6.45, 7) is 3.99. The Labute approximate surface area is 109 Å². The molecule has 0 bridgehead atoms. The van der Waals surface area contributed by atoms with Crippen molar-refractivity contribution >= 4 is 0 Å². The Morgan fingerprint density at radius 3 is 2.72 bits per heavy atom. The molecule has 100 valence electrons. The highest BCUT2D eigenvalue weighted by Crippen LogP contribution is 2.29. The molecule has 0 aromatic heterocycles. The lowest BCUT2D eigenvalue weighted by atomic mass is 9.94. The van der Waals surface area contributed by atoms with Gasteiger partial charge in [0.2, 0.25) is 0 Å². The van der Waals surface area contributed by atoms with Crippen molar-refractivity contribution in [3.05, 3.63) is 29.3 Å². The molecule has 1 aromatic carbocycles. The van der Waals surface area contributed by atoms with E-state index in [0.717, 1.165) is 42.6 Å². The van der Waals surface area contributed by atoms with Gasteiger partial charge < -0.3 is 15.6 Å². The maximum atomic E-state index is 9.97. The molecule has 3 atom stereocenters. The van der Waals surface area contributed by atoms with Gasteiger partial charge in [-0.25, -0.2) is 0 Å². The largest absolute Gasteiger partial charge is 0.487 e. The summed E-state index contributed by atoms with van der Waals surface area (Å²) in [7, 11) is 0. The molecule has 1 fully saturated rings. The van der Waals surface area contributed by atoms with Gasteiger partial charge in [0.05, 0.1) is 6.10 Å². The summed E-state index contributed by atoms with van der Waals surface area (Å²) in [5.41, 5.74) is 8.13.